The lowest BCUT2D eigenvalue weighted by molar-refractivity contribution is 0.205. The molecule has 5 nitrogen and oxygen atoms in total. The zero-order valence-electron chi connectivity index (χ0n) is 14.1. The van der Waals surface area contributed by atoms with Crippen LogP contribution >= 0.6 is 0 Å². The molecule has 0 radical (unpaired) electrons. The molecule has 1 aromatic rings. The van der Waals surface area contributed by atoms with E-state index in [0.717, 1.165) is 38.0 Å². The van der Waals surface area contributed by atoms with Crippen LogP contribution in [-0.2, 0) is 15.8 Å². The molecule has 1 heterocycles. The van der Waals surface area contributed by atoms with Gasteiger partial charge in [0.25, 0.3) is 0 Å². The summed E-state index contributed by atoms with van der Waals surface area (Å²) in [6.45, 7) is 5.28. The average Bonchev–Trinajstić information content (AvgIpc) is 2.53. The molecule has 2 rings (SSSR count). The predicted molar refractivity (Wildman–Crippen MR) is 93.1 cm³/mol. The summed E-state index contributed by atoms with van der Waals surface area (Å²) in [4.78, 5) is 2.43. The third kappa shape index (κ3) is 6.12. The van der Waals surface area contributed by atoms with E-state index in [0.29, 0.717) is 5.75 Å². The smallest absolute Gasteiger partial charge is 0.216 e. The van der Waals surface area contributed by atoms with E-state index in [1.807, 2.05) is 18.2 Å². The quantitative estimate of drug-likeness (QED) is 0.789. The Balaban J connectivity index is 1.84. The lowest BCUT2D eigenvalue weighted by Gasteiger charge is -2.32. The number of hydrogen-bond acceptors (Lipinski definition) is 4. The lowest BCUT2D eigenvalue weighted by atomic mass is 10.1. The Kier molecular flexibility index (Phi) is 6.87. The van der Waals surface area contributed by atoms with Gasteiger partial charge in [-0.15, -0.1) is 0 Å². The van der Waals surface area contributed by atoms with Gasteiger partial charge in [0.2, 0.25) is 10.0 Å². The van der Waals surface area contributed by atoms with Gasteiger partial charge in [0.15, 0.2) is 0 Å². The second-order valence-electron chi connectivity index (χ2n) is 6.20. The van der Waals surface area contributed by atoms with Crippen molar-refractivity contribution in [3.05, 3.63) is 29.8 Å². The third-order valence-corrected chi connectivity index (χ3v) is 5.66. The molecule has 0 aromatic heterocycles. The zero-order chi connectivity index (χ0) is 16.7. The van der Waals surface area contributed by atoms with Gasteiger partial charge in [0.1, 0.15) is 5.75 Å². The number of ether oxygens (including phenoxy) is 1. The number of piperidine rings is 1. The van der Waals surface area contributed by atoms with Crippen LogP contribution in [0.2, 0.25) is 0 Å². The highest BCUT2D eigenvalue weighted by atomic mass is 32.2. The van der Waals surface area contributed by atoms with Gasteiger partial charge in [-0.3, -0.25) is 0 Å². The second-order valence-corrected chi connectivity index (χ2v) is 7.95. The van der Waals surface area contributed by atoms with Gasteiger partial charge >= 0.3 is 0 Å². The number of hydrogen-bond donors (Lipinski definition) is 1. The van der Waals surface area contributed by atoms with Crippen molar-refractivity contribution in [2.75, 3.05) is 26.7 Å². The number of likely N-dealkylation sites (tertiary alicyclic amines) is 1. The van der Waals surface area contributed by atoms with Crippen LogP contribution in [0, 0.1) is 0 Å². The summed E-state index contributed by atoms with van der Waals surface area (Å²) < 4.78 is 32.7. The van der Waals surface area contributed by atoms with Gasteiger partial charge < -0.3 is 9.64 Å². The molecule has 1 aliphatic rings. The second kappa shape index (κ2) is 8.66. The summed E-state index contributed by atoms with van der Waals surface area (Å²) in [7, 11) is -1.74. The largest absolute Gasteiger partial charge is 0.497 e. The summed E-state index contributed by atoms with van der Waals surface area (Å²) in [6.07, 6.45) is 4.20. The van der Waals surface area contributed by atoms with E-state index in [1.165, 1.54) is 12.8 Å². The van der Waals surface area contributed by atoms with E-state index in [-0.39, 0.29) is 11.8 Å². The van der Waals surface area contributed by atoms with Crippen LogP contribution in [0.1, 0.15) is 38.2 Å². The molecule has 23 heavy (non-hydrogen) atoms. The van der Waals surface area contributed by atoms with Gasteiger partial charge in [-0.1, -0.05) is 25.5 Å². The first-order valence-corrected chi connectivity index (χ1v) is 10.0. The highest BCUT2D eigenvalue weighted by molar-refractivity contribution is 7.88. The highest BCUT2D eigenvalue weighted by Crippen LogP contribution is 2.16. The monoisotopic (exact) mass is 340 g/mol. The first-order chi connectivity index (χ1) is 11.0. The molecule has 1 aromatic carbocycles. The van der Waals surface area contributed by atoms with Crippen molar-refractivity contribution in [3.8, 4) is 5.75 Å². The maximum Gasteiger partial charge on any atom is 0.216 e. The molecule has 1 N–H and O–H groups in total. The maximum absolute atomic E-state index is 12.4. The van der Waals surface area contributed by atoms with Crippen LogP contribution in [-0.4, -0.2) is 46.1 Å². The molecule has 1 saturated heterocycles. The molecule has 1 aliphatic heterocycles. The Hall–Kier alpha value is -1.11. The molecular formula is C17H28N2O3S. The number of sulfonamides is 1. The van der Waals surface area contributed by atoms with Crippen molar-refractivity contribution >= 4 is 10.0 Å². The SMILES string of the molecule is CCCCN1CCC(NS(=O)(=O)Cc2cccc(OC)c2)CC1. The minimum Gasteiger partial charge on any atom is -0.497 e. The van der Waals surface area contributed by atoms with E-state index in [2.05, 4.69) is 16.5 Å². The Morgan fingerprint density at radius 1 is 1.30 bits per heavy atom. The topological polar surface area (TPSA) is 58.6 Å². The third-order valence-electron chi connectivity index (χ3n) is 4.25. The minimum absolute atomic E-state index is 0.000247. The molecular weight excluding hydrogens is 312 g/mol. The zero-order valence-corrected chi connectivity index (χ0v) is 14.9. The van der Waals surface area contributed by atoms with Crippen molar-refractivity contribution in [3.63, 3.8) is 0 Å². The molecule has 1 fully saturated rings. The fourth-order valence-corrected chi connectivity index (χ4v) is 4.38. The van der Waals surface area contributed by atoms with E-state index < -0.39 is 10.0 Å². The van der Waals surface area contributed by atoms with E-state index in [1.54, 1.807) is 13.2 Å². The van der Waals surface area contributed by atoms with Crippen molar-refractivity contribution in [2.45, 2.75) is 44.4 Å². The molecule has 0 saturated carbocycles. The van der Waals surface area contributed by atoms with Crippen LogP contribution in [0.15, 0.2) is 24.3 Å². The number of unbranched alkanes of at least 4 members (excludes halogenated alkanes) is 1. The Morgan fingerprint density at radius 3 is 2.70 bits per heavy atom. The summed E-state index contributed by atoms with van der Waals surface area (Å²) in [5.41, 5.74) is 0.747. The van der Waals surface area contributed by atoms with Gasteiger partial charge in [0.05, 0.1) is 12.9 Å². The summed E-state index contributed by atoms with van der Waals surface area (Å²) in [6, 6.07) is 7.27. The van der Waals surface area contributed by atoms with Crippen LogP contribution in [0.3, 0.4) is 0 Å². The van der Waals surface area contributed by atoms with Crippen molar-refractivity contribution < 1.29 is 13.2 Å². The normalized spacial score (nSPS) is 17.3. The maximum atomic E-state index is 12.4. The van der Waals surface area contributed by atoms with Crippen LogP contribution < -0.4 is 9.46 Å². The van der Waals surface area contributed by atoms with Crippen molar-refractivity contribution in [1.29, 1.82) is 0 Å². The van der Waals surface area contributed by atoms with E-state index in [9.17, 15) is 8.42 Å². The van der Waals surface area contributed by atoms with Crippen LogP contribution in [0.25, 0.3) is 0 Å². The summed E-state index contributed by atoms with van der Waals surface area (Å²) in [5, 5.41) is 0. The molecule has 0 spiro atoms. The molecule has 0 unspecified atom stereocenters. The number of benzene rings is 1. The van der Waals surface area contributed by atoms with Gasteiger partial charge in [-0.05, 0) is 56.6 Å². The number of methoxy groups -OCH3 is 1. The number of nitrogens with one attached hydrogen (secondary N) is 1. The number of rotatable bonds is 8. The first kappa shape index (κ1) is 18.2. The molecule has 130 valence electrons. The fourth-order valence-electron chi connectivity index (χ4n) is 2.93. The van der Waals surface area contributed by atoms with Gasteiger partial charge in [-0.2, -0.15) is 0 Å². The Morgan fingerprint density at radius 2 is 2.04 bits per heavy atom. The molecule has 0 amide bonds. The minimum atomic E-state index is -3.32. The van der Waals surface area contributed by atoms with Crippen LogP contribution in [0.5, 0.6) is 5.75 Å². The lowest BCUT2D eigenvalue weighted by Crippen LogP contribution is -2.45. The first-order valence-electron chi connectivity index (χ1n) is 8.37. The van der Waals surface area contributed by atoms with Crippen molar-refractivity contribution in [1.82, 2.24) is 9.62 Å². The summed E-state index contributed by atoms with van der Waals surface area (Å²) in [5.74, 6) is 0.683. The molecule has 6 heteroatoms. The summed E-state index contributed by atoms with van der Waals surface area (Å²) >= 11 is 0. The van der Waals surface area contributed by atoms with Crippen LogP contribution in [0.4, 0.5) is 0 Å². The van der Waals surface area contributed by atoms with Gasteiger partial charge in [-0.25, -0.2) is 13.1 Å². The Bertz CT molecular complexity index is 581. The van der Waals surface area contributed by atoms with Crippen molar-refractivity contribution in [2.24, 2.45) is 0 Å². The number of nitrogens with zero attached hydrogens (tertiary/aromatic N) is 1. The highest BCUT2D eigenvalue weighted by Gasteiger charge is 2.23. The van der Waals surface area contributed by atoms with Gasteiger partial charge in [0, 0.05) is 6.04 Å². The fraction of sp³-hybridized carbons (Fsp3) is 0.647. The molecule has 0 atom stereocenters. The predicted octanol–water partition coefficient (Wildman–Crippen LogP) is 2.38. The van der Waals surface area contributed by atoms with E-state index >= 15 is 0 Å². The van der Waals surface area contributed by atoms with E-state index in [4.69, 9.17) is 4.74 Å². The standard InChI is InChI=1S/C17H28N2O3S/c1-3-4-10-19-11-8-16(9-12-19)18-23(20,21)14-15-6-5-7-17(13-15)22-2/h5-7,13,16,18H,3-4,8-12,14H2,1-2H3. The molecule has 0 bridgehead atoms. The average molecular weight is 340 g/mol. The Labute approximate surface area is 140 Å². The molecule has 0 aliphatic carbocycles.